The van der Waals surface area contributed by atoms with Gasteiger partial charge in [-0.3, -0.25) is 0 Å². The van der Waals surface area contributed by atoms with Gasteiger partial charge in [0, 0.05) is 5.56 Å². The highest BCUT2D eigenvalue weighted by molar-refractivity contribution is 7.42. The first-order valence-corrected chi connectivity index (χ1v) is 16.8. The summed E-state index contributed by atoms with van der Waals surface area (Å²) in [6.45, 7) is 27.0. The van der Waals surface area contributed by atoms with Crippen molar-refractivity contribution in [3.63, 3.8) is 0 Å². The predicted molar refractivity (Wildman–Crippen MR) is 170 cm³/mol. The van der Waals surface area contributed by atoms with E-state index in [2.05, 4.69) is 74.4 Å². The lowest BCUT2D eigenvalue weighted by atomic mass is 9.85. The topological polar surface area (TPSA) is 55.4 Å². The number of hydrogen-bond acceptors (Lipinski definition) is 6. The van der Waals surface area contributed by atoms with Crippen LogP contribution in [0.3, 0.4) is 0 Å². The van der Waals surface area contributed by atoms with E-state index in [9.17, 15) is 0 Å². The Bertz CT molecular complexity index is 972. The van der Waals surface area contributed by atoms with E-state index < -0.39 is 17.2 Å². The zero-order valence-electron chi connectivity index (χ0n) is 27.1. The molecule has 0 bridgehead atoms. The van der Waals surface area contributed by atoms with E-state index in [1.54, 1.807) is 0 Å². The summed E-state index contributed by atoms with van der Waals surface area (Å²) in [7, 11) is -2.90. The second kappa shape index (κ2) is 18.3. The van der Waals surface area contributed by atoms with E-state index >= 15 is 0 Å². The highest BCUT2D eigenvalue weighted by Gasteiger charge is 2.45. The Morgan fingerprint density at radius 2 is 1.05 bits per heavy atom. The van der Waals surface area contributed by atoms with Gasteiger partial charge in [0.1, 0.15) is 11.5 Å². The Morgan fingerprint density at radius 1 is 0.675 bits per heavy atom. The van der Waals surface area contributed by atoms with Crippen molar-refractivity contribution in [2.75, 3.05) is 26.4 Å². The first-order chi connectivity index (χ1) is 19.0. The number of rotatable bonds is 4. The maximum atomic E-state index is 6.14. The quantitative estimate of drug-likeness (QED) is 0.327. The second-order valence-electron chi connectivity index (χ2n) is 11.2. The van der Waals surface area contributed by atoms with E-state index in [-0.39, 0.29) is 10.8 Å². The van der Waals surface area contributed by atoms with E-state index in [1.165, 1.54) is 24.0 Å². The number of hydrogen-bond donors (Lipinski definition) is 0. The van der Waals surface area contributed by atoms with Crippen molar-refractivity contribution < 1.29 is 27.1 Å². The zero-order chi connectivity index (χ0) is 30.3. The molecule has 1 spiro atoms. The minimum Gasteiger partial charge on any atom is -0.426 e. The summed E-state index contributed by atoms with van der Waals surface area (Å²) in [6, 6.07) is 12.3. The average molecular weight is 597 g/mol. The normalized spacial score (nSPS) is 22.0. The van der Waals surface area contributed by atoms with E-state index in [0.29, 0.717) is 26.4 Å². The van der Waals surface area contributed by atoms with Crippen molar-refractivity contribution in [3.8, 4) is 11.5 Å². The van der Waals surface area contributed by atoms with Crippen LogP contribution in [0.2, 0.25) is 0 Å². The van der Waals surface area contributed by atoms with Crippen LogP contribution >= 0.6 is 17.2 Å². The molecule has 2 aromatic rings. The molecule has 0 amide bonds. The van der Waals surface area contributed by atoms with E-state index in [1.807, 2.05) is 45.0 Å². The Hall–Kier alpha value is -1.26. The van der Waals surface area contributed by atoms with Gasteiger partial charge in [-0.1, -0.05) is 111 Å². The molecule has 2 aliphatic heterocycles. The predicted octanol–water partition coefficient (Wildman–Crippen LogP) is 10.8. The third-order valence-corrected chi connectivity index (χ3v) is 7.58. The van der Waals surface area contributed by atoms with Gasteiger partial charge in [-0.05, 0) is 43.9 Å². The summed E-state index contributed by atoms with van der Waals surface area (Å²) in [5, 5.41) is 0. The van der Waals surface area contributed by atoms with Crippen LogP contribution in [0.1, 0.15) is 97.4 Å². The van der Waals surface area contributed by atoms with Gasteiger partial charge in [-0.2, -0.15) is 0 Å². The van der Waals surface area contributed by atoms with Gasteiger partial charge < -0.3 is 27.1 Å². The summed E-state index contributed by atoms with van der Waals surface area (Å²) in [4.78, 5) is 0. The minimum atomic E-state index is -1.47. The van der Waals surface area contributed by atoms with Crippen molar-refractivity contribution in [1.82, 2.24) is 0 Å². The van der Waals surface area contributed by atoms with E-state index in [4.69, 9.17) is 27.1 Å². The fourth-order valence-electron chi connectivity index (χ4n) is 3.56. The van der Waals surface area contributed by atoms with Gasteiger partial charge in [0.15, 0.2) is 0 Å². The number of benzene rings is 2. The SMILES string of the molecule is CC.CCC.CCC.Cc1ccc(OP2OCC3(CO2)COP(Oc2ccc(C)cc2C(C)(C)C)OC3)c(C)c1. The van der Waals surface area contributed by atoms with Crippen molar-refractivity contribution in [2.45, 2.75) is 101 Å². The maximum absolute atomic E-state index is 6.14. The number of aryl methyl sites for hydroxylation is 3. The monoisotopic (exact) mass is 596 g/mol. The molecule has 2 aromatic carbocycles. The highest BCUT2D eigenvalue weighted by Crippen LogP contribution is 2.54. The lowest BCUT2D eigenvalue weighted by molar-refractivity contribution is -0.0673. The van der Waals surface area contributed by atoms with Crippen LogP contribution in [0.5, 0.6) is 11.5 Å². The minimum absolute atomic E-state index is 0.0360. The van der Waals surface area contributed by atoms with Crippen molar-refractivity contribution in [1.29, 1.82) is 0 Å². The molecule has 2 fully saturated rings. The molecule has 2 saturated heterocycles. The summed E-state index contributed by atoms with van der Waals surface area (Å²) < 4.78 is 35.9. The molecule has 2 heterocycles. The first-order valence-electron chi connectivity index (χ1n) is 14.6. The molecule has 0 unspecified atom stereocenters. The van der Waals surface area contributed by atoms with E-state index in [0.717, 1.165) is 22.6 Å². The molecule has 6 nitrogen and oxygen atoms in total. The van der Waals surface area contributed by atoms with Gasteiger partial charge in [0.25, 0.3) is 0 Å². The van der Waals surface area contributed by atoms with Crippen LogP contribution in [0.25, 0.3) is 0 Å². The molecule has 4 rings (SSSR count). The van der Waals surface area contributed by atoms with Crippen LogP contribution in [0, 0.1) is 26.2 Å². The molecule has 0 atom stereocenters. The van der Waals surface area contributed by atoms with Crippen LogP contribution in [-0.4, -0.2) is 26.4 Å². The van der Waals surface area contributed by atoms with Gasteiger partial charge in [-0.15, -0.1) is 0 Å². The fourth-order valence-corrected chi connectivity index (χ4v) is 6.12. The Morgan fingerprint density at radius 3 is 1.45 bits per heavy atom. The lowest BCUT2D eigenvalue weighted by Crippen LogP contribution is -2.45. The van der Waals surface area contributed by atoms with Crippen molar-refractivity contribution in [2.24, 2.45) is 5.41 Å². The maximum Gasteiger partial charge on any atom is 0.397 e. The smallest absolute Gasteiger partial charge is 0.397 e. The molecule has 0 radical (unpaired) electrons. The third kappa shape index (κ3) is 11.9. The third-order valence-electron chi connectivity index (χ3n) is 5.52. The van der Waals surface area contributed by atoms with Crippen LogP contribution in [0.15, 0.2) is 36.4 Å². The molecular weight excluding hydrogens is 542 g/mol. The molecular formula is C32H54O6P2. The second-order valence-corrected chi connectivity index (χ2v) is 13.4. The lowest BCUT2D eigenvalue weighted by Gasteiger charge is -2.41. The zero-order valence-corrected chi connectivity index (χ0v) is 28.8. The van der Waals surface area contributed by atoms with Crippen LogP contribution in [-0.2, 0) is 23.5 Å². The summed E-state index contributed by atoms with van der Waals surface area (Å²) in [5.74, 6) is 1.60. The van der Waals surface area contributed by atoms with Crippen molar-refractivity contribution >= 4 is 17.2 Å². The molecule has 2 aliphatic rings. The first kappa shape index (κ1) is 36.8. The average Bonchev–Trinajstić information content (AvgIpc) is 2.91. The Labute approximate surface area is 247 Å². The Balaban J connectivity index is 0.000000902. The molecule has 0 saturated carbocycles. The van der Waals surface area contributed by atoms with Crippen LogP contribution < -0.4 is 9.05 Å². The molecule has 228 valence electrons. The summed E-state index contributed by atoms with van der Waals surface area (Å²) >= 11 is 0. The summed E-state index contributed by atoms with van der Waals surface area (Å²) in [6.07, 6.45) is 2.50. The Kier molecular flexibility index (Phi) is 16.8. The molecule has 40 heavy (non-hydrogen) atoms. The largest absolute Gasteiger partial charge is 0.426 e. The van der Waals surface area contributed by atoms with Crippen molar-refractivity contribution in [3.05, 3.63) is 58.7 Å². The molecule has 0 aliphatic carbocycles. The molecule has 0 N–H and O–H groups in total. The summed E-state index contributed by atoms with van der Waals surface area (Å²) in [5.41, 5.74) is 4.24. The fraction of sp³-hybridized carbons (Fsp3) is 0.625. The molecule has 0 aromatic heterocycles. The molecule has 8 heteroatoms. The van der Waals surface area contributed by atoms with Gasteiger partial charge >= 0.3 is 17.2 Å². The van der Waals surface area contributed by atoms with Gasteiger partial charge in [0.2, 0.25) is 0 Å². The standard InChI is InChI=1S/C24H32O6P2.2C3H8.C2H6/c1-17-7-9-21(19(3)11-17)29-31-25-13-24(14-26-31)15-27-32(28-16-24)30-22-10-8-18(2)12-20(22)23(4,5)6;2*1-3-2;1-2/h7-12H,13-16H2,1-6H3;2*3H2,1-2H3;1-2H3. The van der Waals surface area contributed by atoms with Crippen LogP contribution in [0.4, 0.5) is 0 Å². The highest BCUT2D eigenvalue weighted by atomic mass is 31.2. The van der Waals surface area contributed by atoms with Gasteiger partial charge in [0.05, 0.1) is 31.8 Å². The van der Waals surface area contributed by atoms with Gasteiger partial charge in [-0.25, -0.2) is 0 Å².